The third-order valence-electron chi connectivity index (χ3n) is 6.03. The zero-order chi connectivity index (χ0) is 22.3. The van der Waals surface area contributed by atoms with Crippen molar-refractivity contribution in [2.75, 3.05) is 13.1 Å². The van der Waals surface area contributed by atoms with E-state index in [1.807, 2.05) is 25.1 Å². The molecule has 3 aromatic rings. The Hall–Kier alpha value is -3.20. The number of aromatic nitrogens is 4. The van der Waals surface area contributed by atoms with Crippen LogP contribution in [0.15, 0.2) is 34.0 Å². The predicted octanol–water partition coefficient (Wildman–Crippen LogP) is 1.19. The number of rotatable bonds is 4. The number of aromatic amines is 2. The van der Waals surface area contributed by atoms with Crippen molar-refractivity contribution >= 4 is 16.9 Å². The molecule has 2 aromatic heterocycles. The van der Waals surface area contributed by atoms with Gasteiger partial charge in [-0.1, -0.05) is 6.07 Å². The second-order valence-electron chi connectivity index (χ2n) is 8.63. The zero-order valence-corrected chi connectivity index (χ0v) is 17.9. The number of hydrogen-bond acceptors (Lipinski definition) is 5. The summed E-state index contributed by atoms with van der Waals surface area (Å²) in [7, 11) is 0. The quantitative estimate of drug-likeness (QED) is 0.579. The van der Waals surface area contributed by atoms with Crippen molar-refractivity contribution in [1.82, 2.24) is 24.4 Å². The van der Waals surface area contributed by atoms with E-state index in [-0.39, 0.29) is 12.5 Å². The van der Waals surface area contributed by atoms with Crippen LogP contribution in [-0.2, 0) is 11.2 Å². The summed E-state index contributed by atoms with van der Waals surface area (Å²) in [6.45, 7) is 5.70. The van der Waals surface area contributed by atoms with Gasteiger partial charge in [-0.2, -0.15) is 0 Å². The molecule has 4 rings (SSSR count). The Morgan fingerprint density at radius 1 is 1.29 bits per heavy atom. The number of β-amino-alcohol motifs (C(OH)–C–C–N with tert-alkyl or cyclic N) is 1. The van der Waals surface area contributed by atoms with Crippen molar-refractivity contribution in [3.8, 4) is 0 Å². The summed E-state index contributed by atoms with van der Waals surface area (Å²) in [4.78, 5) is 48.2. The van der Waals surface area contributed by atoms with Crippen LogP contribution >= 0.6 is 0 Å². The largest absolute Gasteiger partial charge is 0.386 e. The number of fused-ring (bicyclic) bond motifs is 1. The number of H-pyrrole nitrogens is 2. The van der Waals surface area contributed by atoms with Gasteiger partial charge in [-0.15, -0.1) is 0 Å². The zero-order valence-electron chi connectivity index (χ0n) is 17.9. The lowest BCUT2D eigenvalue weighted by molar-refractivity contribution is -0.140. The average Bonchev–Trinajstić information content (AvgIpc) is 3.07. The van der Waals surface area contributed by atoms with Crippen LogP contribution in [-0.4, -0.2) is 54.1 Å². The molecule has 1 aliphatic heterocycles. The van der Waals surface area contributed by atoms with Gasteiger partial charge in [0.2, 0.25) is 5.91 Å². The summed E-state index contributed by atoms with van der Waals surface area (Å²) in [5.41, 5.74) is 1.02. The van der Waals surface area contributed by atoms with E-state index in [1.54, 1.807) is 18.7 Å². The van der Waals surface area contributed by atoms with E-state index in [0.717, 1.165) is 22.4 Å². The Bertz CT molecular complexity index is 1250. The fourth-order valence-corrected chi connectivity index (χ4v) is 4.38. The van der Waals surface area contributed by atoms with Crippen molar-refractivity contribution in [2.24, 2.45) is 0 Å². The lowest BCUT2D eigenvalue weighted by Gasteiger charge is -2.43. The maximum Gasteiger partial charge on any atom is 0.328 e. The van der Waals surface area contributed by atoms with Crippen LogP contribution in [0.2, 0.25) is 0 Å². The van der Waals surface area contributed by atoms with E-state index < -0.39 is 22.9 Å². The van der Waals surface area contributed by atoms with Gasteiger partial charge < -0.3 is 15.0 Å². The van der Waals surface area contributed by atoms with Crippen LogP contribution in [0, 0.1) is 13.8 Å². The number of piperidine rings is 1. The minimum absolute atomic E-state index is 0.0374. The number of carbonyl (C=O) groups is 1. The van der Waals surface area contributed by atoms with Gasteiger partial charge in [-0.3, -0.25) is 19.1 Å². The van der Waals surface area contributed by atoms with Gasteiger partial charge in [-0.05, 0) is 51.3 Å². The highest BCUT2D eigenvalue weighted by molar-refractivity contribution is 5.78. The highest BCUT2D eigenvalue weighted by Crippen LogP contribution is 2.31. The van der Waals surface area contributed by atoms with Crippen LogP contribution in [0.25, 0.3) is 11.0 Å². The van der Waals surface area contributed by atoms with Gasteiger partial charge >= 0.3 is 5.69 Å². The van der Waals surface area contributed by atoms with E-state index >= 15 is 0 Å². The van der Waals surface area contributed by atoms with Crippen LogP contribution < -0.4 is 11.2 Å². The lowest BCUT2D eigenvalue weighted by atomic mass is 9.88. The van der Waals surface area contributed by atoms with Gasteiger partial charge in [0, 0.05) is 24.7 Å². The molecule has 0 radical (unpaired) electrons. The Morgan fingerprint density at radius 3 is 2.81 bits per heavy atom. The third kappa shape index (κ3) is 4.18. The fraction of sp³-hybridized carbons (Fsp3) is 0.455. The van der Waals surface area contributed by atoms with Crippen LogP contribution in [0.1, 0.15) is 42.8 Å². The van der Waals surface area contributed by atoms with E-state index in [1.165, 1.54) is 10.8 Å². The number of amides is 1. The monoisotopic (exact) mass is 425 g/mol. The number of imidazole rings is 1. The molecule has 2 atom stereocenters. The highest BCUT2D eigenvalue weighted by Gasteiger charge is 2.41. The van der Waals surface area contributed by atoms with Gasteiger partial charge in [-0.25, -0.2) is 9.78 Å². The highest BCUT2D eigenvalue weighted by atomic mass is 16.3. The van der Waals surface area contributed by atoms with Crippen molar-refractivity contribution in [3.63, 3.8) is 0 Å². The summed E-state index contributed by atoms with van der Waals surface area (Å²) >= 11 is 0. The summed E-state index contributed by atoms with van der Waals surface area (Å²) < 4.78 is 1.38. The van der Waals surface area contributed by atoms with Crippen molar-refractivity contribution in [1.29, 1.82) is 0 Å². The fourth-order valence-electron chi connectivity index (χ4n) is 4.38. The Kier molecular flexibility index (Phi) is 5.30. The predicted molar refractivity (Wildman–Crippen MR) is 116 cm³/mol. The topological polar surface area (TPSA) is 124 Å². The molecule has 0 bridgehead atoms. The number of carbonyl (C=O) groups excluding carboxylic acids is 1. The summed E-state index contributed by atoms with van der Waals surface area (Å²) in [6.07, 6.45) is 2.82. The Balaban J connectivity index is 1.43. The van der Waals surface area contributed by atoms with Gasteiger partial charge in [0.15, 0.2) is 0 Å². The van der Waals surface area contributed by atoms with Crippen LogP contribution in [0.3, 0.4) is 0 Å². The molecule has 3 heterocycles. The molecule has 1 fully saturated rings. The molecule has 164 valence electrons. The van der Waals surface area contributed by atoms with Gasteiger partial charge in [0.1, 0.15) is 11.4 Å². The molecular formula is C22H27N5O4. The normalized spacial score (nSPS) is 21.5. The molecule has 0 spiro atoms. The second kappa shape index (κ2) is 7.81. The number of benzene rings is 1. The number of aliphatic hydroxyl groups is 1. The summed E-state index contributed by atoms with van der Waals surface area (Å²) in [6, 6.07) is 5.41. The first kappa shape index (κ1) is 21.0. The molecule has 0 aliphatic carbocycles. The van der Waals surface area contributed by atoms with E-state index in [2.05, 4.69) is 15.0 Å². The van der Waals surface area contributed by atoms with Crippen LogP contribution in [0.5, 0.6) is 0 Å². The maximum absolute atomic E-state index is 12.8. The summed E-state index contributed by atoms with van der Waals surface area (Å²) in [5, 5.41) is 11.0. The first-order valence-electron chi connectivity index (χ1n) is 10.4. The standard InChI is InChI=1S/C22H27N5O4/c1-13-11-27(21(30)25-20(13)29)18-8-9-26(12-22(18,3)31)19(28)7-5-15-4-6-16-17(10-15)24-14(2)23-16/h4,6,10-11,18,31H,5,7-9,12H2,1-3H3,(H,23,24)(H,25,29,30)/t18-,22-/m0/s1. The number of hydrogen-bond donors (Lipinski definition) is 3. The van der Waals surface area contributed by atoms with E-state index in [0.29, 0.717) is 31.4 Å². The molecule has 0 saturated carbocycles. The Morgan fingerprint density at radius 2 is 2.06 bits per heavy atom. The average molecular weight is 425 g/mol. The van der Waals surface area contributed by atoms with Gasteiger partial charge in [0.25, 0.3) is 5.56 Å². The molecule has 31 heavy (non-hydrogen) atoms. The molecule has 1 aromatic carbocycles. The molecule has 9 nitrogen and oxygen atoms in total. The molecule has 9 heteroatoms. The SMILES string of the molecule is Cc1nc2ccc(CCC(=O)N3CC[C@H](n4cc(C)c(=O)[nH]c4=O)[C@@](C)(O)C3)cc2[nH]1. The first-order valence-corrected chi connectivity index (χ1v) is 10.4. The molecule has 1 saturated heterocycles. The number of nitrogens with one attached hydrogen (secondary N) is 2. The molecule has 1 aliphatic rings. The number of aryl methyl sites for hydroxylation is 3. The van der Waals surface area contributed by atoms with Crippen molar-refractivity contribution < 1.29 is 9.90 Å². The minimum Gasteiger partial charge on any atom is -0.386 e. The first-order chi connectivity index (χ1) is 14.6. The lowest BCUT2D eigenvalue weighted by Crippen LogP contribution is -2.56. The second-order valence-corrected chi connectivity index (χ2v) is 8.63. The Labute approximate surface area is 178 Å². The molecule has 3 N–H and O–H groups in total. The molecular weight excluding hydrogens is 398 g/mol. The molecule has 1 amide bonds. The number of nitrogens with zero attached hydrogens (tertiary/aromatic N) is 3. The van der Waals surface area contributed by atoms with Crippen molar-refractivity contribution in [3.05, 3.63) is 62.2 Å². The van der Waals surface area contributed by atoms with Crippen molar-refractivity contribution in [2.45, 2.75) is 51.7 Å². The maximum atomic E-state index is 12.8. The molecule has 0 unspecified atom stereocenters. The van der Waals surface area contributed by atoms with E-state index in [9.17, 15) is 19.5 Å². The van der Waals surface area contributed by atoms with E-state index in [4.69, 9.17) is 0 Å². The van der Waals surface area contributed by atoms with Gasteiger partial charge in [0.05, 0.1) is 23.6 Å². The van der Waals surface area contributed by atoms with Crippen LogP contribution in [0.4, 0.5) is 0 Å². The minimum atomic E-state index is -1.30. The smallest absolute Gasteiger partial charge is 0.328 e. The number of likely N-dealkylation sites (tertiary alicyclic amines) is 1. The summed E-state index contributed by atoms with van der Waals surface area (Å²) in [5.74, 6) is 0.815. The third-order valence-corrected chi connectivity index (χ3v) is 6.03.